The van der Waals surface area contributed by atoms with Gasteiger partial charge in [0, 0.05) is 0 Å². The van der Waals surface area contributed by atoms with Crippen LogP contribution in [0.15, 0.2) is 71.6 Å². The highest BCUT2D eigenvalue weighted by molar-refractivity contribution is 14.1. The average Bonchev–Trinajstić information content (AvgIpc) is 2.75. The first kappa shape index (κ1) is 21.9. The minimum Gasteiger partial charge on any atom is -0.493 e. The number of halogens is 1. The van der Waals surface area contributed by atoms with Gasteiger partial charge in [-0.2, -0.15) is 13.7 Å². The molecule has 0 bridgehead atoms. The second-order valence-electron chi connectivity index (χ2n) is 6.42. The zero-order valence-electron chi connectivity index (χ0n) is 16.3. The van der Waals surface area contributed by atoms with Gasteiger partial charge < -0.3 is 8.92 Å². The Kier molecular flexibility index (Phi) is 6.80. The van der Waals surface area contributed by atoms with Gasteiger partial charge in [-0.05, 0) is 71.0 Å². The third kappa shape index (κ3) is 5.01. The minimum atomic E-state index is -4.01. The summed E-state index contributed by atoms with van der Waals surface area (Å²) in [7, 11) is -2.57. The molecule has 152 valence electrons. The summed E-state index contributed by atoms with van der Waals surface area (Å²) in [4.78, 5) is 0.0537. The number of hydrogen-bond acceptors (Lipinski definition) is 5. The molecule has 0 atom stereocenters. The van der Waals surface area contributed by atoms with Crippen molar-refractivity contribution in [3.63, 3.8) is 0 Å². The molecule has 30 heavy (non-hydrogen) atoms. The molecule has 0 fully saturated rings. The number of nitriles is 1. The third-order valence-corrected chi connectivity index (χ3v) is 6.31. The Morgan fingerprint density at radius 1 is 1.07 bits per heavy atom. The quantitative estimate of drug-likeness (QED) is 0.183. The van der Waals surface area contributed by atoms with Crippen LogP contribution in [0.1, 0.15) is 16.7 Å². The molecule has 0 saturated heterocycles. The van der Waals surface area contributed by atoms with Crippen LogP contribution < -0.4 is 8.92 Å². The van der Waals surface area contributed by atoms with Crippen molar-refractivity contribution in [2.24, 2.45) is 0 Å². The van der Waals surface area contributed by atoms with E-state index in [2.05, 4.69) is 6.07 Å². The Labute approximate surface area is 189 Å². The topological polar surface area (TPSA) is 76.4 Å². The minimum absolute atomic E-state index is 0.0537. The highest BCUT2D eigenvalue weighted by Gasteiger charge is 2.21. The van der Waals surface area contributed by atoms with Gasteiger partial charge in [-0.25, -0.2) is 0 Å². The van der Waals surface area contributed by atoms with E-state index >= 15 is 0 Å². The van der Waals surface area contributed by atoms with Gasteiger partial charge in [-0.3, -0.25) is 0 Å². The molecule has 0 aliphatic rings. The average molecular weight is 531 g/mol. The number of hydrogen-bond donors (Lipinski definition) is 0. The van der Waals surface area contributed by atoms with Crippen LogP contribution in [-0.2, 0) is 10.1 Å². The summed E-state index contributed by atoms with van der Waals surface area (Å²) in [5.41, 5.74) is 3.08. The van der Waals surface area contributed by atoms with Crippen molar-refractivity contribution in [1.82, 2.24) is 0 Å². The molecule has 3 rings (SSSR count). The van der Waals surface area contributed by atoms with Gasteiger partial charge in [0.05, 0.1) is 22.3 Å². The molecule has 3 aromatic rings. The molecule has 0 heterocycles. The van der Waals surface area contributed by atoms with Gasteiger partial charge in [0.1, 0.15) is 4.90 Å². The number of methoxy groups -OCH3 is 1. The zero-order chi connectivity index (χ0) is 21.7. The predicted octanol–water partition coefficient (Wildman–Crippen LogP) is 5.44. The van der Waals surface area contributed by atoms with E-state index < -0.39 is 10.1 Å². The summed E-state index contributed by atoms with van der Waals surface area (Å²) >= 11 is 1.99. The van der Waals surface area contributed by atoms with E-state index in [1.807, 2.05) is 53.8 Å². The lowest BCUT2D eigenvalue weighted by Gasteiger charge is -2.13. The van der Waals surface area contributed by atoms with Crippen molar-refractivity contribution >= 4 is 44.4 Å². The summed E-state index contributed by atoms with van der Waals surface area (Å²) in [5, 5.41) is 9.58. The van der Waals surface area contributed by atoms with E-state index in [0.29, 0.717) is 14.7 Å². The Hall–Kier alpha value is -2.83. The van der Waals surface area contributed by atoms with E-state index in [1.54, 1.807) is 36.4 Å². The maximum Gasteiger partial charge on any atom is 0.339 e. The number of rotatable bonds is 6. The van der Waals surface area contributed by atoms with Crippen LogP contribution >= 0.6 is 22.6 Å². The third-order valence-electron chi connectivity index (χ3n) is 4.27. The first-order chi connectivity index (χ1) is 14.3. The Morgan fingerprint density at radius 3 is 2.33 bits per heavy atom. The maximum atomic E-state index is 12.6. The normalized spacial score (nSPS) is 11.6. The molecule has 0 aromatic heterocycles. The van der Waals surface area contributed by atoms with Gasteiger partial charge >= 0.3 is 10.1 Å². The van der Waals surface area contributed by atoms with E-state index in [4.69, 9.17) is 8.92 Å². The highest BCUT2D eigenvalue weighted by atomic mass is 127. The van der Waals surface area contributed by atoms with Gasteiger partial charge in [0.25, 0.3) is 0 Å². The molecule has 0 amide bonds. The molecular formula is C23H18INO4S. The van der Waals surface area contributed by atoms with Crippen molar-refractivity contribution < 1.29 is 17.3 Å². The van der Waals surface area contributed by atoms with Crippen LogP contribution in [0.2, 0.25) is 0 Å². The lowest BCUT2D eigenvalue weighted by atomic mass is 10.0. The van der Waals surface area contributed by atoms with Crippen molar-refractivity contribution in [2.45, 2.75) is 11.8 Å². The smallest absolute Gasteiger partial charge is 0.339 e. The molecule has 0 spiro atoms. The standard InChI is InChI=1S/C23H18INO4S/c1-16-8-10-18(11-9-16)19(15-25)12-17-13-21(24)23(22(14-17)28-2)29-30(26,27)20-6-4-3-5-7-20/h3-14H,1-2H3/b19-12+. The summed E-state index contributed by atoms with van der Waals surface area (Å²) in [6, 6.07) is 21.2. The fourth-order valence-corrected chi connectivity index (χ4v) is 4.59. The van der Waals surface area contributed by atoms with Crippen LogP contribution in [0.3, 0.4) is 0 Å². The monoisotopic (exact) mass is 531 g/mol. The summed E-state index contributed by atoms with van der Waals surface area (Å²) < 4.78 is 36.5. The fourth-order valence-electron chi connectivity index (χ4n) is 2.73. The Balaban J connectivity index is 2.00. The van der Waals surface area contributed by atoms with Crippen molar-refractivity contribution in [3.8, 4) is 17.6 Å². The molecule has 3 aromatic carbocycles. The van der Waals surface area contributed by atoms with E-state index in [-0.39, 0.29) is 16.4 Å². The van der Waals surface area contributed by atoms with Crippen molar-refractivity contribution in [1.29, 1.82) is 5.26 Å². The predicted molar refractivity (Wildman–Crippen MR) is 125 cm³/mol. The summed E-state index contributed by atoms with van der Waals surface area (Å²) in [6.07, 6.45) is 1.73. The molecule has 0 unspecified atom stereocenters. The Morgan fingerprint density at radius 2 is 1.73 bits per heavy atom. The second kappa shape index (κ2) is 9.32. The molecule has 5 nitrogen and oxygen atoms in total. The first-order valence-electron chi connectivity index (χ1n) is 8.90. The molecular weight excluding hydrogens is 513 g/mol. The van der Waals surface area contributed by atoms with Crippen LogP contribution in [0.5, 0.6) is 11.5 Å². The van der Waals surface area contributed by atoms with Crippen LogP contribution in [0, 0.1) is 21.8 Å². The lowest BCUT2D eigenvalue weighted by molar-refractivity contribution is 0.389. The highest BCUT2D eigenvalue weighted by Crippen LogP contribution is 2.37. The van der Waals surface area contributed by atoms with Crippen LogP contribution in [0.4, 0.5) is 0 Å². The zero-order valence-corrected chi connectivity index (χ0v) is 19.3. The van der Waals surface area contributed by atoms with Gasteiger partial charge in [0.2, 0.25) is 0 Å². The summed E-state index contributed by atoms with van der Waals surface area (Å²) in [6.45, 7) is 1.98. The molecule has 0 radical (unpaired) electrons. The SMILES string of the molecule is COc1cc(/C=C(\C#N)c2ccc(C)cc2)cc(I)c1OS(=O)(=O)c1ccccc1. The largest absolute Gasteiger partial charge is 0.493 e. The van der Waals surface area contributed by atoms with Crippen LogP contribution in [-0.4, -0.2) is 15.5 Å². The van der Waals surface area contributed by atoms with Crippen molar-refractivity contribution in [2.75, 3.05) is 7.11 Å². The fraction of sp³-hybridized carbons (Fsp3) is 0.0870. The number of ether oxygens (including phenoxy) is 1. The van der Waals surface area contributed by atoms with Crippen molar-refractivity contribution in [3.05, 3.63) is 87.0 Å². The van der Waals surface area contributed by atoms with E-state index in [9.17, 15) is 13.7 Å². The van der Waals surface area contributed by atoms with E-state index in [0.717, 1.165) is 11.1 Å². The van der Waals surface area contributed by atoms with Gasteiger partial charge in [-0.1, -0.05) is 48.0 Å². The Bertz CT molecular complexity index is 1230. The first-order valence-corrected chi connectivity index (χ1v) is 11.4. The molecule has 0 saturated carbocycles. The molecule has 0 N–H and O–H groups in total. The van der Waals surface area contributed by atoms with Gasteiger partial charge in [0.15, 0.2) is 11.5 Å². The lowest BCUT2D eigenvalue weighted by Crippen LogP contribution is -2.11. The van der Waals surface area contributed by atoms with Gasteiger partial charge in [-0.15, -0.1) is 0 Å². The van der Waals surface area contributed by atoms with Crippen LogP contribution in [0.25, 0.3) is 11.6 Å². The number of allylic oxidation sites excluding steroid dienone is 1. The van der Waals surface area contributed by atoms with E-state index in [1.165, 1.54) is 19.2 Å². The molecule has 0 aliphatic heterocycles. The summed E-state index contributed by atoms with van der Waals surface area (Å²) in [5.74, 6) is 0.363. The number of nitrogens with zero attached hydrogens (tertiary/aromatic N) is 1. The number of aryl methyl sites for hydroxylation is 1. The molecule has 7 heteroatoms. The number of benzene rings is 3. The second-order valence-corrected chi connectivity index (χ2v) is 9.13. The maximum absolute atomic E-state index is 12.6. The molecule has 0 aliphatic carbocycles.